The van der Waals surface area contributed by atoms with E-state index in [1.54, 1.807) is 6.08 Å². The third kappa shape index (κ3) is 44.1. The lowest BCUT2D eigenvalue weighted by molar-refractivity contribution is -0.124. The highest BCUT2D eigenvalue weighted by Crippen LogP contribution is 2.16. The standard InChI is InChI=1S/C53H101NO4/c1-3-5-7-9-11-13-15-16-17-18-19-20-21-22-23-24-25-26-27-28-29-30-31-32-33-34-35-36-37-38-40-42-44-46-50(56)48-53(58)54-51(49-55)52(57)47-45-43-41-39-14-12-10-8-6-4-2/h21-22,24-25,45,47,50-52,55-57H,3-20,23,26-44,46,48-49H2,1-2H3,(H,54,58)/b22-21-,25-24-,47-45+. The monoisotopic (exact) mass is 816 g/mol. The summed E-state index contributed by atoms with van der Waals surface area (Å²) in [5.74, 6) is -0.316. The summed E-state index contributed by atoms with van der Waals surface area (Å²) in [4.78, 5) is 12.4. The maximum atomic E-state index is 12.4. The number of amides is 1. The van der Waals surface area contributed by atoms with Crippen molar-refractivity contribution in [3.63, 3.8) is 0 Å². The molecule has 0 radical (unpaired) electrons. The third-order valence-electron chi connectivity index (χ3n) is 11.9. The van der Waals surface area contributed by atoms with E-state index in [9.17, 15) is 20.1 Å². The predicted octanol–water partition coefficient (Wildman–Crippen LogP) is 15.5. The molecule has 0 aromatic carbocycles. The first-order valence-corrected chi connectivity index (χ1v) is 25.8. The summed E-state index contributed by atoms with van der Waals surface area (Å²) in [5.41, 5.74) is 0. The molecule has 0 aromatic rings. The Balaban J connectivity index is 3.49. The summed E-state index contributed by atoms with van der Waals surface area (Å²) in [6, 6.07) is -0.742. The van der Waals surface area contributed by atoms with Gasteiger partial charge in [0.1, 0.15) is 0 Å². The maximum absolute atomic E-state index is 12.4. The number of unbranched alkanes of at least 4 members (excludes halogenated alkanes) is 34. The normalized spacial score (nSPS) is 13.7. The van der Waals surface area contributed by atoms with Crippen LogP contribution in [0.3, 0.4) is 0 Å². The number of nitrogens with one attached hydrogen (secondary N) is 1. The molecular weight excluding hydrogens is 715 g/mol. The second kappa shape index (κ2) is 48.2. The molecule has 0 aromatic heterocycles. The molecule has 5 nitrogen and oxygen atoms in total. The van der Waals surface area contributed by atoms with Crippen molar-refractivity contribution in [1.29, 1.82) is 0 Å². The van der Waals surface area contributed by atoms with Gasteiger partial charge in [0, 0.05) is 0 Å². The summed E-state index contributed by atoms with van der Waals surface area (Å²) in [7, 11) is 0. The molecule has 0 spiro atoms. The van der Waals surface area contributed by atoms with Gasteiger partial charge in [-0.2, -0.15) is 0 Å². The molecule has 0 heterocycles. The van der Waals surface area contributed by atoms with Gasteiger partial charge in [-0.05, 0) is 51.4 Å². The molecule has 3 atom stereocenters. The Morgan fingerprint density at radius 2 is 0.776 bits per heavy atom. The van der Waals surface area contributed by atoms with E-state index in [-0.39, 0.29) is 18.9 Å². The first-order chi connectivity index (χ1) is 28.5. The number of aliphatic hydroxyl groups excluding tert-OH is 3. The maximum Gasteiger partial charge on any atom is 0.222 e. The Morgan fingerprint density at radius 1 is 0.448 bits per heavy atom. The fraction of sp³-hybridized carbons (Fsp3) is 0.868. The second-order valence-corrected chi connectivity index (χ2v) is 17.8. The van der Waals surface area contributed by atoms with Crippen molar-refractivity contribution in [3.8, 4) is 0 Å². The largest absolute Gasteiger partial charge is 0.394 e. The van der Waals surface area contributed by atoms with E-state index in [1.165, 1.54) is 212 Å². The number of hydrogen-bond acceptors (Lipinski definition) is 4. The van der Waals surface area contributed by atoms with Crippen LogP contribution in [0.25, 0.3) is 0 Å². The van der Waals surface area contributed by atoms with Gasteiger partial charge in [0.05, 0.1) is 31.3 Å². The Hall–Kier alpha value is -1.43. The molecule has 0 saturated heterocycles. The third-order valence-corrected chi connectivity index (χ3v) is 11.9. The number of carbonyl (C=O) groups is 1. The van der Waals surface area contributed by atoms with Gasteiger partial charge in [-0.3, -0.25) is 4.79 Å². The van der Waals surface area contributed by atoms with Crippen LogP contribution in [0, 0.1) is 0 Å². The van der Waals surface area contributed by atoms with Gasteiger partial charge in [-0.15, -0.1) is 0 Å². The van der Waals surface area contributed by atoms with Crippen molar-refractivity contribution in [1.82, 2.24) is 5.32 Å². The summed E-state index contributed by atoms with van der Waals surface area (Å²) < 4.78 is 0. The molecule has 0 aliphatic heterocycles. The van der Waals surface area contributed by atoms with Crippen LogP contribution in [0.2, 0.25) is 0 Å². The van der Waals surface area contributed by atoms with E-state index >= 15 is 0 Å². The van der Waals surface area contributed by atoms with E-state index in [1.807, 2.05) is 6.08 Å². The van der Waals surface area contributed by atoms with Gasteiger partial charge in [-0.25, -0.2) is 0 Å². The Morgan fingerprint density at radius 3 is 1.14 bits per heavy atom. The fourth-order valence-electron chi connectivity index (χ4n) is 7.96. The number of allylic oxidation sites excluding steroid dienone is 5. The number of carbonyl (C=O) groups excluding carboxylic acids is 1. The van der Waals surface area contributed by atoms with E-state index < -0.39 is 18.2 Å². The zero-order valence-corrected chi connectivity index (χ0v) is 38.9. The molecule has 0 saturated carbocycles. The molecule has 5 heteroatoms. The molecule has 0 bridgehead atoms. The van der Waals surface area contributed by atoms with E-state index in [0.29, 0.717) is 6.42 Å². The van der Waals surface area contributed by atoms with Crippen LogP contribution in [0.4, 0.5) is 0 Å². The lowest BCUT2D eigenvalue weighted by Crippen LogP contribution is -2.45. The van der Waals surface area contributed by atoms with Crippen LogP contribution in [-0.2, 0) is 4.79 Å². The van der Waals surface area contributed by atoms with Crippen LogP contribution in [0.5, 0.6) is 0 Å². The molecule has 4 N–H and O–H groups in total. The molecule has 342 valence electrons. The lowest BCUT2D eigenvalue weighted by Gasteiger charge is -2.21. The Kier molecular flexibility index (Phi) is 47.0. The van der Waals surface area contributed by atoms with Crippen molar-refractivity contribution >= 4 is 5.91 Å². The Labute approximate surface area is 362 Å². The molecule has 0 aliphatic carbocycles. The average molecular weight is 816 g/mol. The number of aliphatic hydroxyl groups is 3. The molecule has 3 unspecified atom stereocenters. The van der Waals surface area contributed by atoms with E-state index in [4.69, 9.17) is 0 Å². The van der Waals surface area contributed by atoms with Gasteiger partial charge >= 0.3 is 0 Å². The van der Waals surface area contributed by atoms with Crippen molar-refractivity contribution in [2.24, 2.45) is 0 Å². The van der Waals surface area contributed by atoms with Gasteiger partial charge in [0.2, 0.25) is 5.91 Å². The van der Waals surface area contributed by atoms with E-state index in [2.05, 4.69) is 43.5 Å². The van der Waals surface area contributed by atoms with Crippen molar-refractivity contribution in [2.75, 3.05) is 6.61 Å². The minimum atomic E-state index is -0.926. The lowest BCUT2D eigenvalue weighted by atomic mass is 10.0. The molecule has 0 rings (SSSR count). The van der Waals surface area contributed by atoms with Gasteiger partial charge in [0.15, 0.2) is 0 Å². The molecule has 1 amide bonds. The zero-order valence-electron chi connectivity index (χ0n) is 38.9. The molecule has 58 heavy (non-hydrogen) atoms. The van der Waals surface area contributed by atoms with Crippen LogP contribution < -0.4 is 5.32 Å². The Bertz CT molecular complexity index is 901. The van der Waals surface area contributed by atoms with Crippen LogP contribution in [0.15, 0.2) is 36.5 Å². The van der Waals surface area contributed by atoms with Gasteiger partial charge in [0.25, 0.3) is 0 Å². The number of hydrogen-bond donors (Lipinski definition) is 4. The molecular formula is C53H101NO4. The van der Waals surface area contributed by atoms with Crippen molar-refractivity contribution in [2.45, 2.75) is 289 Å². The van der Waals surface area contributed by atoms with Crippen LogP contribution in [0.1, 0.15) is 271 Å². The highest BCUT2D eigenvalue weighted by Gasteiger charge is 2.20. The summed E-state index contributed by atoms with van der Waals surface area (Å²) in [5, 5.41) is 33.2. The predicted molar refractivity (Wildman–Crippen MR) is 254 cm³/mol. The minimum Gasteiger partial charge on any atom is -0.394 e. The highest BCUT2D eigenvalue weighted by molar-refractivity contribution is 5.76. The smallest absolute Gasteiger partial charge is 0.222 e. The summed E-state index contributed by atoms with van der Waals surface area (Å²) in [6.45, 7) is 4.20. The first-order valence-electron chi connectivity index (χ1n) is 25.8. The van der Waals surface area contributed by atoms with Gasteiger partial charge in [-0.1, -0.05) is 249 Å². The first kappa shape index (κ1) is 56.6. The molecule has 0 fully saturated rings. The van der Waals surface area contributed by atoms with Gasteiger partial charge < -0.3 is 20.6 Å². The molecule has 0 aliphatic rings. The van der Waals surface area contributed by atoms with Crippen molar-refractivity contribution < 1.29 is 20.1 Å². The van der Waals surface area contributed by atoms with Crippen LogP contribution in [-0.4, -0.2) is 46.1 Å². The highest BCUT2D eigenvalue weighted by atomic mass is 16.3. The SMILES string of the molecule is CCCCCCCCCC/C=C/C(O)C(CO)NC(=O)CC(O)CCCCCCCCCCCCCCCCC/C=C\C/C=C\CCCCCCCCCCCCC. The summed E-state index contributed by atoms with van der Waals surface area (Å²) >= 11 is 0. The van der Waals surface area contributed by atoms with E-state index in [0.717, 1.165) is 32.1 Å². The van der Waals surface area contributed by atoms with Crippen LogP contribution >= 0.6 is 0 Å². The fourth-order valence-corrected chi connectivity index (χ4v) is 7.96. The average Bonchev–Trinajstić information content (AvgIpc) is 3.22. The van der Waals surface area contributed by atoms with Crippen molar-refractivity contribution in [3.05, 3.63) is 36.5 Å². The minimum absolute atomic E-state index is 0.0145. The summed E-state index contributed by atoms with van der Waals surface area (Å²) in [6.07, 6.45) is 61.9. The topological polar surface area (TPSA) is 89.8 Å². The number of rotatable bonds is 47. The zero-order chi connectivity index (χ0) is 42.3. The quantitative estimate of drug-likeness (QED) is 0.0364. The second-order valence-electron chi connectivity index (χ2n) is 17.8.